The number of ether oxygens (including phenoxy) is 2. The third-order valence-electron chi connectivity index (χ3n) is 4.96. The van der Waals surface area contributed by atoms with Gasteiger partial charge in [-0.25, -0.2) is 0 Å². The number of rotatable bonds is 4. The minimum Gasteiger partial charge on any atom is -0.366 e. The van der Waals surface area contributed by atoms with Crippen LogP contribution in [0, 0.1) is 0 Å². The lowest BCUT2D eigenvalue weighted by Gasteiger charge is -2.34. The van der Waals surface area contributed by atoms with Crippen LogP contribution in [0.25, 0.3) is 0 Å². The monoisotopic (exact) mass is 336 g/mol. The molecular weight excluding hydrogens is 308 g/mol. The zero-order chi connectivity index (χ0) is 16.9. The fourth-order valence-corrected chi connectivity index (χ4v) is 3.57. The third kappa shape index (κ3) is 4.13. The fourth-order valence-electron chi connectivity index (χ4n) is 3.57. The Morgan fingerprint density at radius 2 is 2.08 bits per heavy atom. The summed E-state index contributed by atoms with van der Waals surface area (Å²) in [6, 6.07) is 0. The molecule has 1 aliphatic heterocycles. The average molecular weight is 336 g/mol. The second-order valence-corrected chi connectivity index (χ2v) is 6.84. The second-order valence-electron chi connectivity index (χ2n) is 6.84. The van der Waals surface area contributed by atoms with E-state index in [2.05, 4.69) is 10.2 Å². The highest BCUT2D eigenvalue weighted by atomic mass is 16.5. The van der Waals surface area contributed by atoms with Gasteiger partial charge in [-0.1, -0.05) is 25.7 Å². The lowest BCUT2D eigenvalue weighted by Crippen LogP contribution is -2.47. The molecule has 0 bridgehead atoms. The first-order chi connectivity index (χ1) is 11.6. The van der Waals surface area contributed by atoms with Gasteiger partial charge in [0, 0.05) is 13.6 Å². The highest BCUT2D eigenvalue weighted by molar-refractivity contribution is 5.80. The maximum atomic E-state index is 12.8. The van der Waals surface area contributed by atoms with E-state index < -0.39 is 6.10 Å². The number of aryl methyl sites for hydroxylation is 1. The summed E-state index contributed by atoms with van der Waals surface area (Å²) in [5.41, 5.74) is 0. The van der Waals surface area contributed by atoms with Gasteiger partial charge in [0.15, 0.2) is 5.82 Å². The first-order valence-corrected chi connectivity index (χ1v) is 9.05. The van der Waals surface area contributed by atoms with Crippen molar-refractivity contribution in [3.8, 4) is 0 Å². The molecule has 0 radical (unpaired) electrons. The van der Waals surface area contributed by atoms with Crippen LogP contribution in [-0.2, 0) is 21.3 Å². The first kappa shape index (κ1) is 17.4. The highest BCUT2D eigenvalue weighted by Crippen LogP contribution is 2.23. The van der Waals surface area contributed by atoms with E-state index in [0.29, 0.717) is 19.7 Å². The predicted octanol–water partition coefficient (Wildman–Crippen LogP) is 1.84. The SMILES string of the molecule is C[C@@H](OC1CCCCCC1)C(=O)N1CCO[C@@H](c2nncn2C)C1. The molecule has 1 saturated carbocycles. The van der Waals surface area contributed by atoms with Gasteiger partial charge in [-0.2, -0.15) is 0 Å². The van der Waals surface area contributed by atoms with Crippen molar-refractivity contribution in [3.05, 3.63) is 12.2 Å². The van der Waals surface area contributed by atoms with E-state index in [4.69, 9.17) is 9.47 Å². The van der Waals surface area contributed by atoms with E-state index in [1.165, 1.54) is 25.7 Å². The molecule has 1 saturated heterocycles. The molecule has 24 heavy (non-hydrogen) atoms. The average Bonchev–Trinajstić information content (AvgIpc) is 2.86. The Bertz CT molecular complexity index is 540. The number of hydrogen-bond acceptors (Lipinski definition) is 5. The summed E-state index contributed by atoms with van der Waals surface area (Å²) < 4.78 is 13.7. The molecule has 2 aliphatic rings. The maximum absolute atomic E-state index is 12.8. The van der Waals surface area contributed by atoms with Gasteiger partial charge in [-0.05, 0) is 19.8 Å². The standard InChI is InChI=1S/C17H28N4O3/c1-13(24-14-7-5-3-4-6-8-14)17(22)21-9-10-23-15(11-21)16-19-18-12-20(16)2/h12-15H,3-11H2,1-2H3/t13-,15-/m1/s1. The topological polar surface area (TPSA) is 69.5 Å². The molecule has 134 valence electrons. The van der Waals surface area contributed by atoms with E-state index in [-0.39, 0.29) is 18.1 Å². The zero-order valence-corrected chi connectivity index (χ0v) is 14.7. The molecule has 7 heteroatoms. The van der Waals surface area contributed by atoms with Crippen LogP contribution in [0.3, 0.4) is 0 Å². The van der Waals surface area contributed by atoms with Crippen molar-refractivity contribution in [2.75, 3.05) is 19.7 Å². The van der Waals surface area contributed by atoms with Crippen LogP contribution >= 0.6 is 0 Å². The molecule has 1 aromatic rings. The van der Waals surface area contributed by atoms with Gasteiger partial charge in [-0.3, -0.25) is 4.79 Å². The number of morpholine rings is 1. The maximum Gasteiger partial charge on any atom is 0.251 e. The minimum atomic E-state index is -0.397. The lowest BCUT2D eigenvalue weighted by molar-refractivity contribution is -0.154. The van der Waals surface area contributed by atoms with Crippen molar-refractivity contribution >= 4 is 5.91 Å². The van der Waals surface area contributed by atoms with Crippen molar-refractivity contribution in [1.82, 2.24) is 19.7 Å². The number of carbonyl (C=O) groups is 1. The summed E-state index contributed by atoms with van der Waals surface area (Å²) in [7, 11) is 1.89. The van der Waals surface area contributed by atoms with Crippen LogP contribution in [0.15, 0.2) is 6.33 Å². The summed E-state index contributed by atoms with van der Waals surface area (Å²) in [5.74, 6) is 0.805. The summed E-state index contributed by atoms with van der Waals surface area (Å²) in [5, 5.41) is 7.99. The highest BCUT2D eigenvalue weighted by Gasteiger charge is 2.31. The molecule has 0 N–H and O–H groups in total. The van der Waals surface area contributed by atoms with Crippen molar-refractivity contribution in [3.63, 3.8) is 0 Å². The fraction of sp³-hybridized carbons (Fsp3) is 0.824. The molecule has 0 unspecified atom stereocenters. The second kappa shape index (κ2) is 8.07. The summed E-state index contributed by atoms with van der Waals surface area (Å²) >= 11 is 0. The van der Waals surface area contributed by atoms with Crippen molar-refractivity contribution < 1.29 is 14.3 Å². The Hall–Kier alpha value is -1.47. The van der Waals surface area contributed by atoms with Crippen molar-refractivity contribution in [1.29, 1.82) is 0 Å². The smallest absolute Gasteiger partial charge is 0.251 e. The number of amides is 1. The number of aromatic nitrogens is 3. The van der Waals surface area contributed by atoms with Crippen LogP contribution in [0.4, 0.5) is 0 Å². The van der Waals surface area contributed by atoms with Crippen LogP contribution in [0.1, 0.15) is 57.4 Å². The molecule has 0 aromatic carbocycles. The van der Waals surface area contributed by atoms with Crippen LogP contribution in [0.5, 0.6) is 0 Å². The molecule has 7 nitrogen and oxygen atoms in total. The number of hydrogen-bond donors (Lipinski definition) is 0. The Kier molecular flexibility index (Phi) is 5.84. The molecule has 1 amide bonds. The van der Waals surface area contributed by atoms with Crippen molar-refractivity contribution in [2.24, 2.45) is 7.05 Å². The predicted molar refractivity (Wildman–Crippen MR) is 88.3 cm³/mol. The molecular formula is C17H28N4O3. The van der Waals surface area contributed by atoms with Gasteiger partial charge in [0.2, 0.25) is 0 Å². The van der Waals surface area contributed by atoms with E-state index in [0.717, 1.165) is 18.7 Å². The van der Waals surface area contributed by atoms with Gasteiger partial charge in [-0.15, -0.1) is 10.2 Å². The molecule has 2 atom stereocenters. The van der Waals surface area contributed by atoms with Gasteiger partial charge in [0.25, 0.3) is 5.91 Å². The number of carbonyl (C=O) groups excluding carboxylic acids is 1. The van der Waals surface area contributed by atoms with Crippen LogP contribution in [-0.4, -0.2) is 57.5 Å². The Balaban J connectivity index is 1.56. The largest absolute Gasteiger partial charge is 0.366 e. The van der Waals surface area contributed by atoms with E-state index >= 15 is 0 Å². The Labute approximate surface area is 143 Å². The Morgan fingerprint density at radius 1 is 1.33 bits per heavy atom. The molecule has 0 spiro atoms. The number of nitrogens with zero attached hydrogens (tertiary/aromatic N) is 4. The van der Waals surface area contributed by atoms with Gasteiger partial charge in [0.05, 0.1) is 19.3 Å². The summed E-state index contributed by atoms with van der Waals surface area (Å²) in [6.07, 6.45) is 8.38. The summed E-state index contributed by atoms with van der Waals surface area (Å²) in [6.45, 7) is 3.49. The van der Waals surface area contributed by atoms with Gasteiger partial charge < -0.3 is 18.9 Å². The zero-order valence-electron chi connectivity index (χ0n) is 14.7. The molecule has 2 fully saturated rings. The lowest BCUT2D eigenvalue weighted by atomic mass is 10.1. The molecule has 1 aromatic heterocycles. The summed E-state index contributed by atoms with van der Waals surface area (Å²) in [4.78, 5) is 14.6. The quantitative estimate of drug-likeness (QED) is 0.785. The third-order valence-corrected chi connectivity index (χ3v) is 4.96. The minimum absolute atomic E-state index is 0.0507. The molecule has 3 rings (SSSR count). The van der Waals surface area contributed by atoms with Gasteiger partial charge in [0.1, 0.15) is 18.5 Å². The van der Waals surface area contributed by atoms with E-state index in [1.54, 1.807) is 6.33 Å². The van der Waals surface area contributed by atoms with E-state index in [9.17, 15) is 4.79 Å². The van der Waals surface area contributed by atoms with Crippen LogP contribution < -0.4 is 0 Å². The first-order valence-electron chi connectivity index (χ1n) is 9.05. The Morgan fingerprint density at radius 3 is 2.75 bits per heavy atom. The molecule has 2 heterocycles. The van der Waals surface area contributed by atoms with Crippen LogP contribution in [0.2, 0.25) is 0 Å². The normalized spacial score (nSPS) is 24.6. The van der Waals surface area contributed by atoms with Gasteiger partial charge >= 0.3 is 0 Å². The molecule has 1 aliphatic carbocycles. The van der Waals surface area contributed by atoms with E-state index in [1.807, 2.05) is 23.4 Å². The van der Waals surface area contributed by atoms with Crippen molar-refractivity contribution in [2.45, 2.75) is 63.8 Å².